The Morgan fingerprint density at radius 1 is 0.458 bits per heavy atom. The van der Waals surface area contributed by atoms with Crippen LogP contribution in [0.3, 0.4) is 0 Å². The Labute approximate surface area is 338 Å². The van der Waals surface area contributed by atoms with Crippen molar-refractivity contribution in [1.82, 2.24) is 19.1 Å². The number of furan rings is 1. The SMILES string of the molecule is N#Cc1c(-c2ccccc2)nc(-c2ccc(-n3c4ccccc4c4c3ccc3c5ccccc5n(-c5ccccc5)c34)c3c2oc2ccccc23)nc1-c1ccccc1. The summed E-state index contributed by atoms with van der Waals surface area (Å²) in [4.78, 5) is 10.3. The van der Waals surface area contributed by atoms with E-state index >= 15 is 0 Å². The van der Waals surface area contributed by atoms with E-state index in [4.69, 9.17) is 14.4 Å². The molecule has 0 spiro atoms. The second kappa shape index (κ2) is 12.9. The van der Waals surface area contributed by atoms with E-state index in [1.165, 1.54) is 21.7 Å². The largest absolute Gasteiger partial charge is 0.455 e. The number of nitriles is 1. The molecule has 6 nitrogen and oxygen atoms in total. The van der Waals surface area contributed by atoms with Gasteiger partial charge in [-0.25, -0.2) is 9.97 Å². The van der Waals surface area contributed by atoms with E-state index in [1.807, 2.05) is 72.8 Å². The Bertz CT molecular complexity index is 3610. The van der Waals surface area contributed by atoms with Crippen LogP contribution >= 0.6 is 0 Å². The summed E-state index contributed by atoms with van der Waals surface area (Å²) >= 11 is 0. The fraction of sp³-hybridized carbons (Fsp3) is 0. The van der Waals surface area contributed by atoms with Crippen LogP contribution in [0.25, 0.3) is 111 Å². The first-order chi connectivity index (χ1) is 29.3. The molecule has 0 N–H and O–H groups in total. The van der Waals surface area contributed by atoms with E-state index in [-0.39, 0.29) is 0 Å². The van der Waals surface area contributed by atoms with Crippen LogP contribution in [0, 0.1) is 11.3 Å². The van der Waals surface area contributed by atoms with Crippen molar-refractivity contribution in [3.05, 3.63) is 194 Å². The number of hydrogen-bond donors (Lipinski definition) is 0. The normalized spacial score (nSPS) is 11.7. The minimum atomic E-state index is 0.424. The lowest BCUT2D eigenvalue weighted by Gasteiger charge is -2.14. The lowest BCUT2D eigenvalue weighted by atomic mass is 9.99. The maximum Gasteiger partial charge on any atom is 0.164 e. The van der Waals surface area contributed by atoms with Crippen LogP contribution in [0.4, 0.5) is 0 Å². The highest BCUT2D eigenvalue weighted by Gasteiger charge is 2.26. The zero-order chi connectivity index (χ0) is 39.0. The second-order valence-corrected chi connectivity index (χ2v) is 14.8. The van der Waals surface area contributed by atoms with E-state index < -0.39 is 0 Å². The molecule has 0 fully saturated rings. The fourth-order valence-corrected chi connectivity index (χ4v) is 9.08. The molecule has 12 aromatic rings. The van der Waals surface area contributed by atoms with Crippen LogP contribution in [0.2, 0.25) is 0 Å². The second-order valence-electron chi connectivity index (χ2n) is 14.8. The van der Waals surface area contributed by atoms with Crippen molar-refractivity contribution in [2.75, 3.05) is 0 Å². The minimum absolute atomic E-state index is 0.424. The predicted octanol–water partition coefficient (Wildman–Crippen LogP) is 13.4. The summed E-state index contributed by atoms with van der Waals surface area (Å²) in [6, 6.07) is 67.1. The molecule has 12 rings (SSSR count). The Hall–Kier alpha value is -8.27. The maximum atomic E-state index is 10.6. The van der Waals surface area contributed by atoms with Gasteiger partial charge in [-0.2, -0.15) is 5.26 Å². The highest BCUT2D eigenvalue weighted by atomic mass is 16.3. The highest BCUT2D eigenvalue weighted by Crippen LogP contribution is 2.46. The lowest BCUT2D eigenvalue weighted by Crippen LogP contribution is -2.02. The van der Waals surface area contributed by atoms with Crippen molar-refractivity contribution in [1.29, 1.82) is 5.26 Å². The third-order valence-corrected chi connectivity index (χ3v) is 11.6. The third-order valence-electron chi connectivity index (χ3n) is 11.6. The quantitative estimate of drug-likeness (QED) is 0.175. The third kappa shape index (κ3) is 4.86. The Kier molecular flexibility index (Phi) is 7.19. The molecule has 0 aliphatic rings. The molecule has 8 aromatic carbocycles. The van der Waals surface area contributed by atoms with Crippen LogP contribution in [0.1, 0.15) is 5.56 Å². The summed E-state index contributed by atoms with van der Waals surface area (Å²) in [7, 11) is 0. The number of fused-ring (bicyclic) bond motifs is 10. The van der Waals surface area contributed by atoms with E-state index in [2.05, 4.69) is 130 Å². The van der Waals surface area contributed by atoms with Gasteiger partial charge >= 0.3 is 0 Å². The maximum absolute atomic E-state index is 10.6. The van der Waals surface area contributed by atoms with Gasteiger partial charge in [0.05, 0.1) is 50.1 Å². The molecule has 0 aliphatic carbocycles. The van der Waals surface area contributed by atoms with Crippen LogP contribution in [0.5, 0.6) is 0 Å². The average Bonchev–Trinajstić information content (AvgIpc) is 3.97. The van der Waals surface area contributed by atoms with Gasteiger partial charge in [0.1, 0.15) is 22.8 Å². The molecular formula is C53H31N5O. The van der Waals surface area contributed by atoms with E-state index in [9.17, 15) is 5.26 Å². The zero-order valence-electron chi connectivity index (χ0n) is 31.5. The summed E-state index contributed by atoms with van der Waals surface area (Å²) in [5, 5.41) is 17.3. The van der Waals surface area contributed by atoms with Crippen LogP contribution in [-0.2, 0) is 0 Å². The number of rotatable bonds is 5. The molecule has 274 valence electrons. The number of nitrogens with zero attached hydrogens (tertiary/aromatic N) is 5. The molecule has 0 radical (unpaired) electrons. The fourth-order valence-electron chi connectivity index (χ4n) is 9.08. The monoisotopic (exact) mass is 753 g/mol. The van der Waals surface area contributed by atoms with Crippen molar-refractivity contribution >= 4 is 65.6 Å². The van der Waals surface area contributed by atoms with Gasteiger partial charge in [0.15, 0.2) is 5.82 Å². The Morgan fingerprint density at radius 3 is 1.71 bits per heavy atom. The first kappa shape index (κ1) is 32.9. The standard InChI is InChI=1S/C53H31N5O/c54-32-41-49(33-16-4-1-5-17-33)55-53(56-50(41)34-18-6-2-7-19-34)40-29-31-45(48-39-24-12-15-27-46(39)59-52(40)48)58-43-26-14-11-23-38(43)47-44(58)30-28-37-36-22-10-13-25-42(36)57(51(37)47)35-20-8-3-9-21-35/h1-31H. The van der Waals surface area contributed by atoms with Crippen molar-refractivity contribution in [3.8, 4) is 51.3 Å². The zero-order valence-corrected chi connectivity index (χ0v) is 31.5. The molecule has 0 aliphatic heterocycles. The van der Waals surface area contributed by atoms with Crippen LogP contribution < -0.4 is 0 Å². The molecule has 0 atom stereocenters. The minimum Gasteiger partial charge on any atom is -0.455 e. The number of para-hydroxylation sites is 4. The molecule has 0 unspecified atom stereocenters. The van der Waals surface area contributed by atoms with Gasteiger partial charge in [0, 0.05) is 43.7 Å². The summed E-state index contributed by atoms with van der Waals surface area (Å²) in [6.45, 7) is 0. The smallest absolute Gasteiger partial charge is 0.164 e. The van der Waals surface area contributed by atoms with E-state index in [0.717, 1.165) is 66.4 Å². The van der Waals surface area contributed by atoms with Crippen molar-refractivity contribution in [2.45, 2.75) is 0 Å². The summed E-state index contributed by atoms with van der Waals surface area (Å²) < 4.78 is 11.7. The number of aromatic nitrogens is 4. The Morgan fingerprint density at radius 2 is 1.03 bits per heavy atom. The molecular weight excluding hydrogens is 723 g/mol. The first-order valence-electron chi connectivity index (χ1n) is 19.7. The Balaban J connectivity index is 1.19. The van der Waals surface area contributed by atoms with Gasteiger partial charge in [-0.3, -0.25) is 0 Å². The first-order valence-corrected chi connectivity index (χ1v) is 19.7. The van der Waals surface area contributed by atoms with Gasteiger partial charge in [-0.15, -0.1) is 0 Å². The predicted molar refractivity (Wildman–Crippen MR) is 239 cm³/mol. The van der Waals surface area contributed by atoms with Crippen molar-refractivity contribution in [2.24, 2.45) is 0 Å². The average molecular weight is 754 g/mol. The molecule has 0 saturated carbocycles. The molecule has 0 bridgehead atoms. The van der Waals surface area contributed by atoms with Crippen LogP contribution in [0.15, 0.2) is 192 Å². The van der Waals surface area contributed by atoms with Gasteiger partial charge in [-0.1, -0.05) is 140 Å². The number of benzene rings is 8. The summed E-state index contributed by atoms with van der Waals surface area (Å²) in [5.74, 6) is 0.480. The summed E-state index contributed by atoms with van der Waals surface area (Å²) in [6.07, 6.45) is 0. The lowest BCUT2D eigenvalue weighted by molar-refractivity contribution is 0.669. The van der Waals surface area contributed by atoms with Gasteiger partial charge in [0.2, 0.25) is 0 Å². The number of hydrogen-bond acceptors (Lipinski definition) is 4. The topological polar surface area (TPSA) is 72.6 Å². The van der Waals surface area contributed by atoms with Crippen LogP contribution in [-0.4, -0.2) is 19.1 Å². The van der Waals surface area contributed by atoms with Crippen molar-refractivity contribution < 1.29 is 4.42 Å². The van der Waals surface area contributed by atoms with E-state index in [1.54, 1.807) is 0 Å². The van der Waals surface area contributed by atoms with Crippen molar-refractivity contribution in [3.63, 3.8) is 0 Å². The molecule has 4 heterocycles. The summed E-state index contributed by atoms with van der Waals surface area (Å²) in [5.41, 5.74) is 12.1. The molecule has 0 saturated heterocycles. The van der Waals surface area contributed by atoms with Gasteiger partial charge in [0.25, 0.3) is 0 Å². The van der Waals surface area contributed by atoms with E-state index in [0.29, 0.717) is 28.4 Å². The molecule has 59 heavy (non-hydrogen) atoms. The molecule has 4 aromatic heterocycles. The molecule has 0 amide bonds. The van der Waals surface area contributed by atoms with Gasteiger partial charge in [-0.05, 0) is 48.5 Å². The molecule has 6 heteroatoms. The van der Waals surface area contributed by atoms with Gasteiger partial charge < -0.3 is 13.6 Å². The highest BCUT2D eigenvalue weighted by molar-refractivity contribution is 6.27.